The van der Waals surface area contributed by atoms with Crippen molar-refractivity contribution in [1.29, 1.82) is 0 Å². The smallest absolute Gasteiger partial charge is 0.131 e. The van der Waals surface area contributed by atoms with Crippen molar-refractivity contribution >= 4 is 11.0 Å². The van der Waals surface area contributed by atoms with Gasteiger partial charge in [0.25, 0.3) is 0 Å². The van der Waals surface area contributed by atoms with E-state index < -0.39 is 0 Å². The van der Waals surface area contributed by atoms with E-state index in [1.165, 1.54) is 12.1 Å². The summed E-state index contributed by atoms with van der Waals surface area (Å²) in [5.74, 6) is 0.623. The first kappa shape index (κ1) is 12.8. The van der Waals surface area contributed by atoms with Crippen LogP contribution in [0, 0.1) is 5.82 Å². The molecule has 1 N–H and O–H groups in total. The number of nitrogens with zero attached hydrogens (tertiary/aromatic N) is 2. The van der Waals surface area contributed by atoms with Crippen molar-refractivity contribution in [2.45, 2.75) is 13.0 Å². The van der Waals surface area contributed by atoms with Crippen LogP contribution in [-0.2, 0) is 0 Å². The summed E-state index contributed by atoms with van der Waals surface area (Å²) in [6, 6.07) is 14.7. The van der Waals surface area contributed by atoms with E-state index in [1.54, 1.807) is 6.07 Å². The lowest BCUT2D eigenvalue weighted by Crippen LogP contribution is -2.17. The van der Waals surface area contributed by atoms with E-state index in [4.69, 9.17) is 0 Å². The maximum Gasteiger partial charge on any atom is 0.131 e. The number of para-hydroxylation sites is 1. The number of hydrogen-bond donors (Lipinski definition) is 1. The molecule has 3 aromatic rings. The molecule has 2 aromatic carbocycles. The lowest BCUT2D eigenvalue weighted by molar-refractivity contribution is 0.603. The Kier molecular flexibility index (Phi) is 3.24. The summed E-state index contributed by atoms with van der Waals surface area (Å²) in [7, 11) is 1.89. The average Bonchev–Trinajstić information content (AvgIpc) is 2.85. The topological polar surface area (TPSA) is 29.9 Å². The number of imidazole rings is 1. The van der Waals surface area contributed by atoms with E-state index in [9.17, 15) is 4.39 Å². The minimum absolute atomic E-state index is 0.0747. The van der Waals surface area contributed by atoms with Gasteiger partial charge >= 0.3 is 0 Å². The summed E-state index contributed by atoms with van der Waals surface area (Å²) in [6.45, 7) is 2.04. The highest BCUT2D eigenvalue weighted by Gasteiger charge is 2.16. The van der Waals surface area contributed by atoms with Gasteiger partial charge in [0.05, 0.1) is 17.1 Å². The van der Waals surface area contributed by atoms with E-state index in [-0.39, 0.29) is 11.9 Å². The van der Waals surface area contributed by atoms with Gasteiger partial charge in [0.2, 0.25) is 0 Å². The van der Waals surface area contributed by atoms with Crippen LogP contribution in [-0.4, -0.2) is 16.6 Å². The fraction of sp³-hybridized carbons (Fsp3) is 0.188. The Balaban J connectivity index is 2.33. The van der Waals surface area contributed by atoms with Gasteiger partial charge in [-0.3, -0.25) is 4.57 Å². The van der Waals surface area contributed by atoms with Gasteiger partial charge in [-0.1, -0.05) is 18.2 Å². The molecule has 0 aliphatic rings. The molecule has 0 fully saturated rings. The zero-order chi connectivity index (χ0) is 14.1. The Labute approximate surface area is 117 Å². The van der Waals surface area contributed by atoms with Crippen LogP contribution in [0.25, 0.3) is 16.7 Å². The van der Waals surface area contributed by atoms with Crippen molar-refractivity contribution in [3.63, 3.8) is 0 Å². The third kappa shape index (κ3) is 2.08. The highest BCUT2D eigenvalue weighted by molar-refractivity contribution is 5.78. The molecule has 0 aliphatic carbocycles. The predicted octanol–water partition coefficient (Wildman–Crippen LogP) is 3.45. The van der Waals surface area contributed by atoms with Crippen molar-refractivity contribution in [2.75, 3.05) is 7.05 Å². The Morgan fingerprint density at radius 2 is 1.90 bits per heavy atom. The number of halogens is 1. The van der Waals surface area contributed by atoms with Crippen LogP contribution in [0.5, 0.6) is 0 Å². The first-order valence-corrected chi connectivity index (χ1v) is 6.61. The number of rotatable bonds is 3. The molecule has 4 heteroatoms. The Morgan fingerprint density at radius 1 is 1.15 bits per heavy atom. The summed E-state index contributed by atoms with van der Waals surface area (Å²) < 4.78 is 15.6. The van der Waals surface area contributed by atoms with E-state index >= 15 is 0 Å². The van der Waals surface area contributed by atoms with Gasteiger partial charge in [0.15, 0.2) is 0 Å². The van der Waals surface area contributed by atoms with Crippen LogP contribution >= 0.6 is 0 Å². The summed E-state index contributed by atoms with van der Waals surface area (Å²) in [5.41, 5.74) is 2.57. The number of benzene rings is 2. The number of nitrogens with one attached hydrogen (secondary N) is 1. The molecule has 102 valence electrons. The molecule has 0 amide bonds. The van der Waals surface area contributed by atoms with Crippen LogP contribution in [0.4, 0.5) is 4.39 Å². The first-order valence-electron chi connectivity index (χ1n) is 6.61. The highest BCUT2D eigenvalue weighted by Crippen LogP contribution is 2.25. The van der Waals surface area contributed by atoms with Gasteiger partial charge in [0, 0.05) is 11.8 Å². The third-order valence-corrected chi connectivity index (χ3v) is 3.48. The molecular weight excluding hydrogens is 253 g/mol. The third-order valence-electron chi connectivity index (χ3n) is 3.48. The number of aromatic nitrogens is 2. The first-order chi connectivity index (χ1) is 9.70. The molecule has 0 spiro atoms. The summed E-state index contributed by atoms with van der Waals surface area (Å²) in [6.07, 6.45) is 0. The molecule has 0 unspecified atom stereocenters. The fourth-order valence-corrected chi connectivity index (χ4v) is 2.34. The highest BCUT2D eigenvalue weighted by atomic mass is 19.1. The molecule has 3 rings (SSSR count). The van der Waals surface area contributed by atoms with Crippen LogP contribution in [0.1, 0.15) is 18.8 Å². The second-order valence-electron chi connectivity index (χ2n) is 4.78. The van der Waals surface area contributed by atoms with E-state index in [2.05, 4.69) is 10.3 Å². The fourth-order valence-electron chi connectivity index (χ4n) is 2.34. The molecule has 0 saturated carbocycles. The van der Waals surface area contributed by atoms with Crippen molar-refractivity contribution < 1.29 is 4.39 Å². The van der Waals surface area contributed by atoms with Crippen LogP contribution in [0.2, 0.25) is 0 Å². The van der Waals surface area contributed by atoms with E-state index in [0.717, 1.165) is 22.5 Å². The van der Waals surface area contributed by atoms with Crippen molar-refractivity contribution in [1.82, 2.24) is 14.9 Å². The molecular formula is C16H16FN3. The molecule has 1 heterocycles. The second-order valence-corrected chi connectivity index (χ2v) is 4.78. The Hall–Kier alpha value is -2.20. The van der Waals surface area contributed by atoms with Gasteiger partial charge in [-0.15, -0.1) is 0 Å². The standard InChI is InChI=1S/C16H16FN3/c1-11(18-2)16-19-14-9-8-12(17)10-15(14)20(16)13-6-4-3-5-7-13/h3-11,18H,1-2H3/t11-/m0/s1. The van der Waals surface area contributed by atoms with Gasteiger partial charge in [-0.05, 0) is 38.2 Å². The summed E-state index contributed by atoms with van der Waals surface area (Å²) >= 11 is 0. The van der Waals surface area contributed by atoms with E-state index in [0.29, 0.717) is 0 Å². The minimum Gasteiger partial charge on any atom is -0.311 e. The Morgan fingerprint density at radius 3 is 2.60 bits per heavy atom. The molecule has 0 bridgehead atoms. The molecule has 20 heavy (non-hydrogen) atoms. The molecule has 0 aliphatic heterocycles. The van der Waals surface area contributed by atoms with Gasteiger partial charge < -0.3 is 5.32 Å². The van der Waals surface area contributed by atoms with Crippen LogP contribution in [0.15, 0.2) is 48.5 Å². The molecule has 3 nitrogen and oxygen atoms in total. The van der Waals surface area contributed by atoms with Crippen LogP contribution < -0.4 is 5.32 Å². The molecule has 1 aromatic heterocycles. The molecule has 1 atom stereocenters. The summed E-state index contributed by atoms with van der Waals surface area (Å²) in [5, 5.41) is 3.19. The molecule has 0 saturated heterocycles. The lowest BCUT2D eigenvalue weighted by atomic mass is 10.2. The van der Waals surface area contributed by atoms with Crippen molar-refractivity contribution in [2.24, 2.45) is 0 Å². The zero-order valence-corrected chi connectivity index (χ0v) is 11.5. The zero-order valence-electron chi connectivity index (χ0n) is 11.5. The normalized spacial score (nSPS) is 12.8. The number of fused-ring (bicyclic) bond motifs is 1. The summed E-state index contributed by atoms with van der Waals surface area (Å²) in [4.78, 5) is 4.63. The monoisotopic (exact) mass is 269 g/mol. The van der Waals surface area contributed by atoms with Gasteiger partial charge in [-0.2, -0.15) is 0 Å². The van der Waals surface area contributed by atoms with Crippen molar-refractivity contribution in [3.05, 3.63) is 60.2 Å². The maximum absolute atomic E-state index is 13.6. The minimum atomic E-state index is -0.252. The predicted molar refractivity (Wildman–Crippen MR) is 78.5 cm³/mol. The second kappa shape index (κ2) is 5.06. The largest absolute Gasteiger partial charge is 0.311 e. The Bertz CT molecular complexity index is 734. The SMILES string of the molecule is CN[C@@H](C)c1nc2ccc(F)cc2n1-c1ccccc1. The maximum atomic E-state index is 13.6. The van der Waals surface area contributed by atoms with Gasteiger partial charge in [-0.25, -0.2) is 9.37 Å². The quantitative estimate of drug-likeness (QED) is 0.789. The van der Waals surface area contributed by atoms with Gasteiger partial charge in [0.1, 0.15) is 11.6 Å². The molecule has 0 radical (unpaired) electrons. The average molecular weight is 269 g/mol. The van der Waals surface area contributed by atoms with E-state index in [1.807, 2.05) is 48.9 Å². The lowest BCUT2D eigenvalue weighted by Gasteiger charge is -2.14. The van der Waals surface area contributed by atoms with Crippen molar-refractivity contribution in [3.8, 4) is 5.69 Å². The number of hydrogen-bond acceptors (Lipinski definition) is 2. The van der Waals surface area contributed by atoms with Crippen LogP contribution in [0.3, 0.4) is 0 Å².